The third kappa shape index (κ3) is 3.53. The minimum Gasteiger partial charge on any atom is -0.118 e. The summed E-state index contributed by atoms with van der Waals surface area (Å²) < 4.78 is 0. The van der Waals surface area contributed by atoms with E-state index in [-0.39, 0.29) is 5.38 Å². The van der Waals surface area contributed by atoms with Gasteiger partial charge in [-0.15, -0.1) is 11.6 Å². The topological polar surface area (TPSA) is 0 Å². The molecule has 0 spiro atoms. The maximum Gasteiger partial charge on any atom is 0.0585 e. The van der Waals surface area contributed by atoms with Gasteiger partial charge in [0.05, 0.1) is 5.38 Å². The van der Waals surface area contributed by atoms with Crippen LogP contribution in [0.4, 0.5) is 0 Å². The fourth-order valence-electron chi connectivity index (χ4n) is 1.69. The molecule has 1 heteroatoms. The fourth-order valence-corrected chi connectivity index (χ4v) is 2.05. The number of hydrogen-bond acceptors (Lipinski definition) is 0. The summed E-state index contributed by atoms with van der Waals surface area (Å²) in [6, 6.07) is 8.78. The molecule has 1 rings (SSSR count). The molecule has 1 aromatic rings. The van der Waals surface area contributed by atoms with E-state index in [1.54, 1.807) is 0 Å². The van der Waals surface area contributed by atoms with Gasteiger partial charge in [-0.25, -0.2) is 0 Å². The molecule has 2 atom stereocenters. The molecule has 0 aliphatic heterocycles. The van der Waals surface area contributed by atoms with E-state index in [0.29, 0.717) is 5.92 Å². The summed E-state index contributed by atoms with van der Waals surface area (Å²) in [6.45, 7) is 6.65. The molecule has 0 fully saturated rings. The molecule has 0 aliphatic rings. The molecule has 0 bridgehead atoms. The molecule has 0 saturated carbocycles. The van der Waals surface area contributed by atoms with Crippen molar-refractivity contribution in [1.29, 1.82) is 0 Å². The third-order valence-corrected chi connectivity index (χ3v) is 3.49. The molecule has 0 amide bonds. The lowest BCUT2D eigenvalue weighted by Crippen LogP contribution is -1.94. The van der Waals surface area contributed by atoms with Crippen LogP contribution in [0.1, 0.15) is 62.5 Å². The van der Waals surface area contributed by atoms with Gasteiger partial charge in [0.2, 0.25) is 0 Å². The summed E-state index contributed by atoms with van der Waals surface area (Å²) in [4.78, 5) is 0. The average Bonchev–Trinajstić information content (AvgIpc) is 2.28. The van der Waals surface area contributed by atoms with Gasteiger partial charge in [0.1, 0.15) is 0 Å². The second kappa shape index (κ2) is 6.17. The van der Waals surface area contributed by atoms with E-state index in [4.69, 9.17) is 11.6 Å². The first kappa shape index (κ1) is 12.6. The Morgan fingerprint density at radius 3 is 2.07 bits per heavy atom. The lowest BCUT2D eigenvalue weighted by Gasteiger charge is -2.12. The van der Waals surface area contributed by atoms with Gasteiger partial charge in [-0.1, -0.05) is 51.5 Å². The Morgan fingerprint density at radius 1 is 1.07 bits per heavy atom. The van der Waals surface area contributed by atoms with Crippen LogP contribution in [-0.4, -0.2) is 0 Å². The Hall–Kier alpha value is -0.490. The number of halogens is 1. The van der Waals surface area contributed by atoms with E-state index in [9.17, 15) is 0 Å². The van der Waals surface area contributed by atoms with Crippen LogP contribution in [0.15, 0.2) is 24.3 Å². The SMILES string of the molecule is CCCC(Cl)c1ccc(C(C)CC)cc1. The highest BCUT2D eigenvalue weighted by atomic mass is 35.5. The first-order chi connectivity index (χ1) is 7.19. The van der Waals surface area contributed by atoms with E-state index in [0.717, 1.165) is 12.8 Å². The molecule has 2 unspecified atom stereocenters. The maximum atomic E-state index is 6.27. The predicted molar refractivity (Wildman–Crippen MR) is 68.7 cm³/mol. The molecular weight excluding hydrogens is 204 g/mol. The van der Waals surface area contributed by atoms with Gasteiger partial charge in [-0.3, -0.25) is 0 Å². The summed E-state index contributed by atoms with van der Waals surface area (Å²) in [5.41, 5.74) is 2.67. The quantitative estimate of drug-likeness (QED) is 0.597. The number of rotatable bonds is 5. The molecule has 84 valence electrons. The highest BCUT2D eigenvalue weighted by Gasteiger charge is 2.07. The molecule has 0 nitrogen and oxygen atoms in total. The summed E-state index contributed by atoms with van der Waals surface area (Å²) in [7, 11) is 0. The monoisotopic (exact) mass is 224 g/mol. The van der Waals surface area contributed by atoms with Gasteiger partial charge < -0.3 is 0 Å². The molecule has 0 N–H and O–H groups in total. The van der Waals surface area contributed by atoms with E-state index in [1.165, 1.54) is 17.5 Å². The van der Waals surface area contributed by atoms with E-state index >= 15 is 0 Å². The van der Waals surface area contributed by atoms with Crippen LogP contribution in [0.2, 0.25) is 0 Å². The maximum absolute atomic E-state index is 6.27. The molecule has 0 aromatic heterocycles. The zero-order valence-electron chi connectivity index (χ0n) is 9.96. The van der Waals surface area contributed by atoms with E-state index in [2.05, 4.69) is 45.0 Å². The zero-order chi connectivity index (χ0) is 11.3. The van der Waals surface area contributed by atoms with Gasteiger partial charge in [0.25, 0.3) is 0 Å². The van der Waals surface area contributed by atoms with Crippen LogP contribution in [0.25, 0.3) is 0 Å². The van der Waals surface area contributed by atoms with Gasteiger partial charge in [0, 0.05) is 0 Å². The highest BCUT2D eigenvalue weighted by Crippen LogP contribution is 2.27. The van der Waals surface area contributed by atoms with Crippen molar-refractivity contribution in [2.24, 2.45) is 0 Å². The lowest BCUT2D eigenvalue weighted by molar-refractivity contribution is 0.730. The van der Waals surface area contributed by atoms with Gasteiger partial charge >= 0.3 is 0 Å². The van der Waals surface area contributed by atoms with Crippen molar-refractivity contribution in [2.75, 3.05) is 0 Å². The van der Waals surface area contributed by atoms with Crippen LogP contribution in [0.5, 0.6) is 0 Å². The van der Waals surface area contributed by atoms with Crippen molar-refractivity contribution in [1.82, 2.24) is 0 Å². The molecule has 15 heavy (non-hydrogen) atoms. The van der Waals surface area contributed by atoms with E-state index < -0.39 is 0 Å². The Bertz CT molecular complexity index is 276. The molecule has 0 aliphatic carbocycles. The smallest absolute Gasteiger partial charge is 0.0585 e. The normalized spacial score (nSPS) is 14.9. The second-order valence-corrected chi connectivity index (χ2v) is 4.76. The number of hydrogen-bond donors (Lipinski definition) is 0. The summed E-state index contributed by atoms with van der Waals surface area (Å²) >= 11 is 6.27. The van der Waals surface area contributed by atoms with Crippen LogP contribution in [-0.2, 0) is 0 Å². The van der Waals surface area contributed by atoms with Crippen molar-refractivity contribution >= 4 is 11.6 Å². The molecular formula is C14H21Cl. The van der Waals surface area contributed by atoms with Crippen LogP contribution < -0.4 is 0 Å². The minimum absolute atomic E-state index is 0.181. The molecule has 0 radical (unpaired) electrons. The van der Waals surface area contributed by atoms with Crippen molar-refractivity contribution in [3.05, 3.63) is 35.4 Å². The lowest BCUT2D eigenvalue weighted by atomic mass is 9.96. The number of benzene rings is 1. The largest absolute Gasteiger partial charge is 0.118 e. The van der Waals surface area contributed by atoms with Gasteiger partial charge in [-0.05, 0) is 29.9 Å². The predicted octanol–water partition coefficient (Wildman–Crippen LogP) is 5.28. The summed E-state index contributed by atoms with van der Waals surface area (Å²) in [6.07, 6.45) is 3.39. The van der Waals surface area contributed by atoms with Crippen LogP contribution in [0, 0.1) is 0 Å². The van der Waals surface area contributed by atoms with E-state index in [1.807, 2.05) is 0 Å². The third-order valence-electron chi connectivity index (χ3n) is 3.02. The Balaban J connectivity index is 2.71. The average molecular weight is 225 g/mol. The second-order valence-electron chi connectivity index (χ2n) is 4.23. The fraction of sp³-hybridized carbons (Fsp3) is 0.571. The van der Waals surface area contributed by atoms with Crippen molar-refractivity contribution in [3.8, 4) is 0 Å². The Morgan fingerprint density at radius 2 is 1.60 bits per heavy atom. The highest BCUT2D eigenvalue weighted by molar-refractivity contribution is 6.20. The van der Waals surface area contributed by atoms with Crippen molar-refractivity contribution < 1.29 is 0 Å². The number of alkyl halides is 1. The first-order valence-corrected chi connectivity index (χ1v) is 6.36. The Kier molecular flexibility index (Phi) is 5.17. The zero-order valence-corrected chi connectivity index (χ0v) is 10.7. The molecule has 1 aromatic carbocycles. The summed E-state index contributed by atoms with van der Waals surface area (Å²) in [5, 5.41) is 0.181. The molecule has 0 saturated heterocycles. The standard InChI is InChI=1S/C14H21Cl/c1-4-6-14(15)13-9-7-12(8-10-13)11(3)5-2/h7-11,14H,4-6H2,1-3H3. The van der Waals surface area contributed by atoms with Crippen molar-refractivity contribution in [3.63, 3.8) is 0 Å². The van der Waals surface area contributed by atoms with Gasteiger partial charge in [0.15, 0.2) is 0 Å². The van der Waals surface area contributed by atoms with Crippen molar-refractivity contribution in [2.45, 2.75) is 51.3 Å². The van der Waals surface area contributed by atoms with Crippen LogP contribution >= 0.6 is 11.6 Å². The van der Waals surface area contributed by atoms with Crippen LogP contribution in [0.3, 0.4) is 0 Å². The van der Waals surface area contributed by atoms with Gasteiger partial charge in [-0.2, -0.15) is 0 Å². The molecule has 0 heterocycles. The Labute approximate surface area is 98.7 Å². The minimum atomic E-state index is 0.181. The first-order valence-electron chi connectivity index (χ1n) is 5.92. The summed E-state index contributed by atoms with van der Waals surface area (Å²) in [5.74, 6) is 0.652.